The Hall–Kier alpha value is -2.21. The van der Waals surface area contributed by atoms with Crippen LogP contribution in [-0.4, -0.2) is 20.1 Å². The molecule has 0 aliphatic heterocycles. The fourth-order valence-electron chi connectivity index (χ4n) is 2.19. The van der Waals surface area contributed by atoms with Gasteiger partial charge in [-0.1, -0.05) is 42.5 Å². The van der Waals surface area contributed by atoms with Gasteiger partial charge in [-0.3, -0.25) is 4.79 Å². The van der Waals surface area contributed by atoms with E-state index >= 15 is 0 Å². The molecule has 0 bridgehead atoms. The summed E-state index contributed by atoms with van der Waals surface area (Å²) in [6.45, 7) is 1.79. The van der Waals surface area contributed by atoms with Crippen LogP contribution < -0.4 is 5.32 Å². The van der Waals surface area contributed by atoms with Crippen LogP contribution in [0.5, 0.6) is 0 Å². The molecule has 0 radical (unpaired) electrons. The molecule has 2 rings (SSSR count). The highest BCUT2D eigenvalue weighted by atomic mass is 32.2. The van der Waals surface area contributed by atoms with Gasteiger partial charge in [0, 0.05) is 0 Å². The smallest absolute Gasteiger partial charge is 0.235 e. The van der Waals surface area contributed by atoms with Gasteiger partial charge in [-0.25, -0.2) is 12.8 Å². The number of carbonyl (C=O) groups is 1. The number of sulfone groups is 1. The molecule has 0 spiro atoms. The summed E-state index contributed by atoms with van der Waals surface area (Å²) in [6, 6.07) is 14.2. The Morgan fingerprint density at radius 2 is 1.70 bits per heavy atom. The van der Waals surface area contributed by atoms with Gasteiger partial charge in [0.1, 0.15) is 11.6 Å². The Balaban J connectivity index is 1.94. The average molecular weight is 335 g/mol. The molecule has 0 saturated heterocycles. The van der Waals surface area contributed by atoms with Crippen LogP contribution in [0, 0.1) is 5.82 Å². The zero-order valence-corrected chi connectivity index (χ0v) is 13.5. The van der Waals surface area contributed by atoms with Gasteiger partial charge in [0.15, 0.2) is 9.84 Å². The Bertz CT molecular complexity index is 758. The molecule has 0 aliphatic carbocycles. The first-order valence-corrected chi connectivity index (χ1v) is 8.97. The number of amides is 1. The topological polar surface area (TPSA) is 63.2 Å². The fourth-order valence-corrected chi connectivity index (χ4v) is 3.48. The van der Waals surface area contributed by atoms with Gasteiger partial charge in [-0.2, -0.15) is 0 Å². The number of nitrogens with one attached hydrogen (secondary N) is 1. The average Bonchev–Trinajstić information content (AvgIpc) is 2.49. The van der Waals surface area contributed by atoms with Gasteiger partial charge in [0.2, 0.25) is 5.91 Å². The summed E-state index contributed by atoms with van der Waals surface area (Å²) in [7, 11) is -3.61. The molecule has 2 aromatic carbocycles. The van der Waals surface area contributed by atoms with E-state index in [0.29, 0.717) is 5.56 Å². The first kappa shape index (κ1) is 17.1. The molecule has 0 heterocycles. The second-order valence-corrected chi connectivity index (χ2v) is 7.42. The van der Waals surface area contributed by atoms with Crippen LogP contribution in [0.3, 0.4) is 0 Å². The van der Waals surface area contributed by atoms with Crippen molar-refractivity contribution in [2.75, 3.05) is 5.75 Å². The SMILES string of the molecule is CC(NC(=O)CS(=O)(=O)Cc1ccc(F)cc1)c1ccccc1. The fraction of sp³-hybridized carbons (Fsp3) is 0.235. The van der Waals surface area contributed by atoms with Gasteiger partial charge >= 0.3 is 0 Å². The van der Waals surface area contributed by atoms with Crippen molar-refractivity contribution < 1.29 is 17.6 Å². The molecule has 1 atom stereocenters. The van der Waals surface area contributed by atoms with Gasteiger partial charge in [-0.15, -0.1) is 0 Å². The summed E-state index contributed by atoms with van der Waals surface area (Å²) in [6.07, 6.45) is 0. The highest BCUT2D eigenvalue weighted by molar-refractivity contribution is 7.91. The van der Waals surface area contributed by atoms with Crippen molar-refractivity contribution in [1.82, 2.24) is 5.32 Å². The van der Waals surface area contributed by atoms with Crippen molar-refractivity contribution in [3.63, 3.8) is 0 Å². The highest BCUT2D eigenvalue weighted by Gasteiger charge is 2.19. The third-order valence-electron chi connectivity index (χ3n) is 3.33. The van der Waals surface area contributed by atoms with Crippen molar-refractivity contribution in [3.8, 4) is 0 Å². The molecule has 6 heteroatoms. The minimum Gasteiger partial charge on any atom is -0.349 e. The molecular formula is C17H18FNO3S. The molecule has 0 saturated carbocycles. The molecule has 23 heavy (non-hydrogen) atoms. The number of halogens is 1. The van der Waals surface area contributed by atoms with E-state index in [-0.39, 0.29) is 11.8 Å². The van der Waals surface area contributed by atoms with Crippen molar-refractivity contribution >= 4 is 15.7 Å². The molecule has 1 amide bonds. The minimum atomic E-state index is -3.61. The molecule has 122 valence electrons. The van der Waals surface area contributed by atoms with Gasteiger partial charge < -0.3 is 5.32 Å². The van der Waals surface area contributed by atoms with E-state index in [2.05, 4.69) is 5.32 Å². The maximum absolute atomic E-state index is 12.8. The predicted octanol–water partition coefficient (Wildman–Crippen LogP) is 2.62. The van der Waals surface area contributed by atoms with Gasteiger partial charge in [-0.05, 0) is 30.2 Å². The minimum absolute atomic E-state index is 0.273. The van der Waals surface area contributed by atoms with Crippen LogP contribution in [0.15, 0.2) is 54.6 Å². The quantitative estimate of drug-likeness (QED) is 0.883. The van der Waals surface area contributed by atoms with E-state index in [4.69, 9.17) is 0 Å². The molecule has 0 aliphatic rings. The molecule has 1 unspecified atom stereocenters. The Kier molecular flexibility index (Phi) is 5.50. The van der Waals surface area contributed by atoms with E-state index < -0.39 is 27.3 Å². The lowest BCUT2D eigenvalue weighted by molar-refractivity contribution is -0.119. The van der Waals surface area contributed by atoms with Crippen molar-refractivity contribution in [2.45, 2.75) is 18.7 Å². The largest absolute Gasteiger partial charge is 0.349 e. The van der Waals surface area contributed by atoms with Crippen molar-refractivity contribution in [3.05, 3.63) is 71.5 Å². The number of hydrogen-bond donors (Lipinski definition) is 1. The van der Waals surface area contributed by atoms with Crippen LogP contribution in [0.2, 0.25) is 0 Å². The zero-order chi connectivity index (χ0) is 16.9. The monoisotopic (exact) mass is 335 g/mol. The number of carbonyl (C=O) groups excluding carboxylic acids is 1. The highest BCUT2D eigenvalue weighted by Crippen LogP contribution is 2.12. The summed E-state index contributed by atoms with van der Waals surface area (Å²) in [4.78, 5) is 11.9. The summed E-state index contributed by atoms with van der Waals surface area (Å²) in [5, 5.41) is 2.67. The lowest BCUT2D eigenvalue weighted by Gasteiger charge is -2.14. The molecule has 0 fully saturated rings. The maximum Gasteiger partial charge on any atom is 0.235 e. The normalized spacial score (nSPS) is 12.6. The lowest BCUT2D eigenvalue weighted by atomic mass is 10.1. The van der Waals surface area contributed by atoms with Crippen LogP contribution in [0.4, 0.5) is 4.39 Å². The Labute approximate surface area is 135 Å². The molecule has 2 aromatic rings. The molecule has 4 nitrogen and oxygen atoms in total. The summed E-state index contributed by atoms with van der Waals surface area (Å²) in [5.74, 6) is -1.87. The third-order valence-corrected chi connectivity index (χ3v) is 4.80. The van der Waals surface area contributed by atoms with Crippen LogP contribution >= 0.6 is 0 Å². The number of hydrogen-bond acceptors (Lipinski definition) is 3. The van der Waals surface area contributed by atoms with Crippen LogP contribution in [0.25, 0.3) is 0 Å². The second kappa shape index (κ2) is 7.37. The number of benzene rings is 2. The van der Waals surface area contributed by atoms with Gasteiger partial charge in [0.05, 0.1) is 11.8 Å². The standard InChI is InChI=1S/C17H18FNO3S/c1-13(15-5-3-2-4-6-15)19-17(20)12-23(21,22)11-14-7-9-16(18)10-8-14/h2-10,13H,11-12H2,1H3,(H,19,20). The van der Waals surface area contributed by atoms with E-state index in [9.17, 15) is 17.6 Å². The Morgan fingerprint density at radius 1 is 1.09 bits per heavy atom. The predicted molar refractivity (Wildman–Crippen MR) is 86.9 cm³/mol. The van der Waals surface area contributed by atoms with E-state index in [1.54, 1.807) is 6.92 Å². The second-order valence-electron chi connectivity index (χ2n) is 5.36. The van der Waals surface area contributed by atoms with Crippen molar-refractivity contribution in [2.24, 2.45) is 0 Å². The van der Waals surface area contributed by atoms with E-state index in [1.807, 2.05) is 30.3 Å². The first-order chi connectivity index (χ1) is 10.9. The van der Waals surface area contributed by atoms with E-state index in [0.717, 1.165) is 5.56 Å². The zero-order valence-electron chi connectivity index (χ0n) is 12.7. The Morgan fingerprint density at radius 3 is 2.30 bits per heavy atom. The number of rotatable bonds is 6. The lowest BCUT2D eigenvalue weighted by Crippen LogP contribution is -2.32. The van der Waals surface area contributed by atoms with E-state index in [1.165, 1.54) is 24.3 Å². The van der Waals surface area contributed by atoms with Crippen molar-refractivity contribution in [1.29, 1.82) is 0 Å². The first-order valence-electron chi connectivity index (χ1n) is 7.15. The third kappa shape index (κ3) is 5.49. The van der Waals surface area contributed by atoms with Gasteiger partial charge in [0.25, 0.3) is 0 Å². The summed E-state index contributed by atoms with van der Waals surface area (Å²) < 4.78 is 36.9. The molecular weight excluding hydrogens is 317 g/mol. The summed E-state index contributed by atoms with van der Waals surface area (Å²) >= 11 is 0. The van der Waals surface area contributed by atoms with Crippen LogP contribution in [0.1, 0.15) is 24.1 Å². The molecule has 0 aromatic heterocycles. The maximum atomic E-state index is 12.8. The molecule has 1 N–H and O–H groups in total. The van der Waals surface area contributed by atoms with Crippen LogP contribution in [-0.2, 0) is 20.4 Å². The summed E-state index contributed by atoms with van der Waals surface area (Å²) in [5.41, 5.74) is 1.35.